The molecule has 1 amide bonds. The lowest BCUT2D eigenvalue weighted by molar-refractivity contribution is -0.121. The van der Waals surface area contributed by atoms with Crippen molar-refractivity contribution in [2.75, 3.05) is 6.54 Å². The molecule has 2 aromatic rings. The zero-order chi connectivity index (χ0) is 18.7. The van der Waals surface area contributed by atoms with E-state index < -0.39 is 27.8 Å². The van der Waals surface area contributed by atoms with E-state index in [9.17, 15) is 17.6 Å². The molecule has 0 aromatic heterocycles. The average molecular weight is 374 g/mol. The molecule has 1 atom stereocenters. The van der Waals surface area contributed by atoms with Gasteiger partial charge in [-0.15, -0.1) is 0 Å². The fourth-order valence-corrected chi connectivity index (χ4v) is 4.04. The van der Waals surface area contributed by atoms with Gasteiger partial charge in [0.15, 0.2) is 0 Å². The number of fused-ring (bicyclic) bond motifs is 1. The summed E-state index contributed by atoms with van der Waals surface area (Å²) in [5, 5.41) is 4.03. The molecular formula is C19H19FN2O3S. The summed E-state index contributed by atoms with van der Waals surface area (Å²) in [6.45, 7) is 2.19. The second-order valence-corrected chi connectivity index (χ2v) is 7.68. The van der Waals surface area contributed by atoms with E-state index in [1.165, 1.54) is 24.3 Å². The fourth-order valence-electron chi connectivity index (χ4n) is 2.98. The second kappa shape index (κ2) is 7.39. The number of rotatable bonds is 4. The lowest BCUT2D eigenvalue weighted by atomic mass is 9.94. The van der Waals surface area contributed by atoms with Crippen LogP contribution in [-0.4, -0.2) is 20.9 Å². The molecule has 1 aliphatic heterocycles. The highest BCUT2D eigenvalue weighted by molar-refractivity contribution is 7.93. The van der Waals surface area contributed by atoms with Gasteiger partial charge in [0.05, 0.1) is 5.41 Å². The Kier molecular flexibility index (Phi) is 5.20. The van der Waals surface area contributed by atoms with Crippen molar-refractivity contribution in [3.63, 3.8) is 0 Å². The van der Waals surface area contributed by atoms with Gasteiger partial charge in [0.2, 0.25) is 0 Å². The maximum atomic E-state index is 13.0. The highest BCUT2D eigenvalue weighted by atomic mass is 32.2. The van der Waals surface area contributed by atoms with Crippen LogP contribution in [0.4, 0.5) is 4.39 Å². The Balaban J connectivity index is 1.78. The monoisotopic (exact) mass is 374 g/mol. The first-order chi connectivity index (χ1) is 12.4. The van der Waals surface area contributed by atoms with Crippen molar-refractivity contribution in [3.05, 3.63) is 76.4 Å². The van der Waals surface area contributed by atoms with Crippen LogP contribution in [0, 0.1) is 5.82 Å². The quantitative estimate of drug-likeness (QED) is 0.862. The van der Waals surface area contributed by atoms with Crippen LogP contribution in [0.3, 0.4) is 0 Å². The largest absolute Gasteiger partial charge is 0.302 e. The van der Waals surface area contributed by atoms with Crippen LogP contribution in [0.15, 0.2) is 53.9 Å². The van der Waals surface area contributed by atoms with Gasteiger partial charge in [0.25, 0.3) is 15.9 Å². The van der Waals surface area contributed by atoms with Crippen LogP contribution in [0.5, 0.6) is 0 Å². The SMILES string of the molecule is CC(=CS(=O)(=O)NC(=O)C1NCCc2ccccc21)c1ccc(F)cc1. The number of nitrogens with one attached hydrogen (secondary N) is 2. The number of allylic oxidation sites excluding steroid dienone is 1. The van der Waals surface area contributed by atoms with Gasteiger partial charge < -0.3 is 5.32 Å². The van der Waals surface area contributed by atoms with Gasteiger partial charge in [-0.05, 0) is 47.7 Å². The Morgan fingerprint density at radius 2 is 1.88 bits per heavy atom. The van der Waals surface area contributed by atoms with Crippen LogP contribution < -0.4 is 10.0 Å². The van der Waals surface area contributed by atoms with Gasteiger partial charge in [0, 0.05) is 6.54 Å². The Hall–Kier alpha value is -2.51. The fraction of sp³-hybridized carbons (Fsp3) is 0.211. The molecule has 0 fully saturated rings. The smallest absolute Gasteiger partial charge is 0.257 e. The van der Waals surface area contributed by atoms with Gasteiger partial charge in [-0.25, -0.2) is 17.5 Å². The highest BCUT2D eigenvalue weighted by Crippen LogP contribution is 2.23. The summed E-state index contributed by atoms with van der Waals surface area (Å²) in [4.78, 5) is 12.5. The molecule has 1 aliphatic rings. The second-order valence-electron chi connectivity index (χ2n) is 6.16. The molecule has 0 saturated heterocycles. The molecule has 0 bridgehead atoms. The predicted octanol–water partition coefficient (Wildman–Crippen LogP) is 2.52. The van der Waals surface area contributed by atoms with Gasteiger partial charge in [-0.2, -0.15) is 0 Å². The Morgan fingerprint density at radius 1 is 1.19 bits per heavy atom. The molecule has 1 unspecified atom stereocenters. The number of hydrogen-bond acceptors (Lipinski definition) is 4. The molecule has 0 saturated carbocycles. The van der Waals surface area contributed by atoms with Crippen LogP contribution in [0.2, 0.25) is 0 Å². The molecule has 7 heteroatoms. The maximum Gasteiger partial charge on any atom is 0.257 e. The number of halogens is 1. The zero-order valence-corrected chi connectivity index (χ0v) is 15.0. The van der Waals surface area contributed by atoms with Crippen molar-refractivity contribution in [2.45, 2.75) is 19.4 Å². The van der Waals surface area contributed by atoms with Crippen molar-refractivity contribution in [2.24, 2.45) is 0 Å². The number of sulfonamides is 1. The van der Waals surface area contributed by atoms with Crippen LogP contribution in [0.1, 0.15) is 29.7 Å². The minimum atomic E-state index is -3.99. The van der Waals surface area contributed by atoms with E-state index in [2.05, 4.69) is 10.0 Å². The van der Waals surface area contributed by atoms with Crippen LogP contribution >= 0.6 is 0 Å². The Labute approximate surface area is 152 Å². The molecule has 5 nitrogen and oxygen atoms in total. The summed E-state index contributed by atoms with van der Waals surface area (Å²) < 4.78 is 39.8. The molecular weight excluding hydrogens is 355 g/mol. The lowest BCUT2D eigenvalue weighted by Gasteiger charge is -2.25. The number of hydrogen-bond donors (Lipinski definition) is 2. The summed E-state index contributed by atoms with van der Waals surface area (Å²) in [7, 11) is -3.99. The van der Waals surface area contributed by atoms with Crippen molar-refractivity contribution < 1.29 is 17.6 Å². The first-order valence-corrected chi connectivity index (χ1v) is 9.72. The molecule has 0 spiro atoms. The molecule has 3 rings (SSSR count). The van der Waals surface area contributed by atoms with Crippen LogP contribution in [-0.2, 0) is 21.2 Å². The van der Waals surface area contributed by atoms with Crippen molar-refractivity contribution in [3.8, 4) is 0 Å². The van der Waals surface area contributed by atoms with E-state index in [0.29, 0.717) is 17.7 Å². The minimum absolute atomic E-state index is 0.403. The minimum Gasteiger partial charge on any atom is -0.302 e. The first-order valence-electron chi connectivity index (χ1n) is 8.18. The number of carbonyl (C=O) groups excluding carboxylic acids is 1. The molecule has 0 radical (unpaired) electrons. The number of benzene rings is 2. The first kappa shape index (κ1) is 18.3. The predicted molar refractivity (Wildman–Crippen MR) is 98.0 cm³/mol. The van der Waals surface area contributed by atoms with E-state index in [-0.39, 0.29) is 0 Å². The van der Waals surface area contributed by atoms with Crippen molar-refractivity contribution >= 4 is 21.5 Å². The maximum absolute atomic E-state index is 13.0. The topological polar surface area (TPSA) is 75.3 Å². The molecule has 0 aliphatic carbocycles. The summed E-state index contributed by atoms with van der Waals surface area (Å²) in [6, 6.07) is 12.2. The van der Waals surface area contributed by atoms with Crippen LogP contribution in [0.25, 0.3) is 5.57 Å². The molecule has 2 aromatic carbocycles. The summed E-state index contributed by atoms with van der Waals surface area (Å²) >= 11 is 0. The Morgan fingerprint density at radius 3 is 2.62 bits per heavy atom. The van der Waals surface area contributed by atoms with E-state index in [1.54, 1.807) is 6.92 Å². The summed E-state index contributed by atoms with van der Waals surface area (Å²) in [5.74, 6) is -1.03. The molecule has 26 heavy (non-hydrogen) atoms. The van der Waals surface area contributed by atoms with Gasteiger partial charge in [0.1, 0.15) is 11.9 Å². The zero-order valence-electron chi connectivity index (χ0n) is 14.2. The van der Waals surface area contributed by atoms with Gasteiger partial charge in [-0.1, -0.05) is 36.4 Å². The van der Waals surface area contributed by atoms with E-state index >= 15 is 0 Å². The standard InChI is InChI=1S/C19H19FN2O3S/c1-13(14-6-8-16(20)9-7-14)12-26(24,25)22-19(23)18-17-5-3-2-4-15(17)10-11-21-18/h2-9,12,18,21H,10-11H2,1H3,(H,22,23). The average Bonchev–Trinajstić information content (AvgIpc) is 2.60. The number of amides is 1. The molecule has 2 N–H and O–H groups in total. The summed E-state index contributed by atoms with van der Waals surface area (Å²) in [5.41, 5.74) is 2.78. The third-order valence-electron chi connectivity index (χ3n) is 4.25. The normalized spacial score (nSPS) is 17.5. The van der Waals surface area contributed by atoms with Crippen molar-refractivity contribution in [1.82, 2.24) is 10.0 Å². The van der Waals surface area contributed by atoms with E-state index in [4.69, 9.17) is 0 Å². The Bertz CT molecular complexity index is 953. The highest BCUT2D eigenvalue weighted by Gasteiger charge is 2.28. The third-order valence-corrected chi connectivity index (χ3v) is 5.39. The summed E-state index contributed by atoms with van der Waals surface area (Å²) in [6.07, 6.45) is 0.788. The molecule has 136 valence electrons. The van der Waals surface area contributed by atoms with Gasteiger partial charge >= 0.3 is 0 Å². The molecule has 1 heterocycles. The van der Waals surface area contributed by atoms with Gasteiger partial charge in [-0.3, -0.25) is 4.79 Å². The number of carbonyl (C=O) groups is 1. The third kappa shape index (κ3) is 4.17. The lowest BCUT2D eigenvalue weighted by Crippen LogP contribution is -2.43. The van der Waals surface area contributed by atoms with Crippen molar-refractivity contribution in [1.29, 1.82) is 0 Å². The van der Waals surface area contributed by atoms with E-state index in [1.807, 2.05) is 24.3 Å². The van der Waals surface area contributed by atoms with E-state index in [0.717, 1.165) is 23.0 Å².